The summed E-state index contributed by atoms with van der Waals surface area (Å²) >= 11 is 0. The Bertz CT molecular complexity index is 986. The monoisotopic (exact) mass is 566 g/mol. The van der Waals surface area contributed by atoms with Crippen LogP contribution in [0.4, 0.5) is 0 Å². The summed E-state index contributed by atoms with van der Waals surface area (Å²) in [5.74, 6) is 1.02. The minimum atomic E-state index is -0.183. The van der Waals surface area contributed by atoms with Crippen molar-refractivity contribution in [1.82, 2.24) is 20.4 Å². The maximum absolute atomic E-state index is 13.0. The summed E-state index contributed by atoms with van der Waals surface area (Å²) in [6.45, 7) is 4.64. The van der Waals surface area contributed by atoms with Crippen molar-refractivity contribution in [3.8, 4) is 16.9 Å². The highest BCUT2D eigenvalue weighted by atomic mass is 35.5. The molecule has 1 amide bonds. The van der Waals surface area contributed by atoms with Gasteiger partial charge in [-0.1, -0.05) is 31.9 Å². The molecule has 1 saturated carbocycles. The number of piperidine rings is 1. The van der Waals surface area contributed by atoms with Crippen molar-refractivity contribution in [2.24, 2.45) is 5.92 Å². The van der Waals surface area contributed by atoms with Crippen LogP contribution in [0.5, 0.6) is 5.75 Å². The number of unbranched alkanes of at least 4 members (excludes halogenated alkanes) is 1. The third-order valence-electron chi connectivity index (χ3n) is 7.62. The lowest BCUT2D eigenvalue weighted by atomic mass is 9.94. The highest BCUT2D eigenvalue weighted by Crippen LogP contribution is 2.29. The number of amides is 1. The Morgan fingerprint density at radius 1 is 1.08 bits per heavy atom. The Morgan fingerprint density at radius 2 is 1.82 bits per heavy atom. The molecule has 2 aromatic rings. The van der Waals surface area contributed by atoms with Gasteiger partial charge >= 0.3 is 0 Å². The van der Waals surface area contributed by atoms with E-state index in [1.54, 1.807) is 7.11 Å². The van der Waals surface area contributed by atoms with Gasteiger partial charge in [-0.2, -0.15) is 5.10 Å². The van der Waals surface area contributed by atoms with Gasteiger partial charge in [0.15, 0.2) is 5.69 Å². The number of rotatable bonds is 10. The predicted molar refractivity (Wildman–Crippen MR) is 157 cm³/mol. The number of nitrogens with zero attached hydrogens (tertiary/aromatic N) is 3. The summed E-state index contributed by atoms with van der Waals surface area (Å²) in [6, 6.07) is 10.1. The molecule has 9 heteroatoms. The lowest BCUT2D eigenvalue weighted by Crippen LogP contribution is -2.47. The topological polar surface area (TPSA) is 76.6 Å². The van der Waals surface area contributed by atoms with Crippen LogP contribution in [0.25, 0.3) is 11.1 Å². The summed E-state index contributed by atoms with van der Waals surface area (Å²) in [7, 11) is 3.85. The molecule has 1 aliphatic heterocycles. The Hall–Kier alpha value is -1.93. The molecule has 1 aliphatic carbocycles. The maximum Gasteiger partial charge on any atom is 0.271 e. The van der Waals surface area contributed by atoms with Crippen molar-refractivity contribution in [1.29, 1.82) is 0 Å². The summed E-state index contributed by atoms with van der Waals surface area (Å²) in [4.78, 5) is 15.3. The number of ether oxygens (including phenoxy) is 2. The van der Waals surface area contributed by atoms with E-state index in [1.165, 1.54) is 19.3 Å². The summed E-state index contributed by atoms with van der Waals surface area (Å²) in [6.07, 6.45) is 10.5. The zero-order valence-electron chi connectivity index (χ0n) is 23.0. The Morgan fingerprint density at radius 3 is 2.50 bits per heavy atom. The van der Waals surface area contributed by atoms with Crippen LogP contribution in [0, 0.1) is 5.92 Å². The lowest BCUT2D eigenvalue weighted by molar-refractivity contribution is -0.00261. The fourth-order valence-electron chi connectivity index (χ4n) is 5.33. The van der Waals surface area contributed by atoms with Gasteiger partial charge in [0.05, 0.1) is 17.9 Å². The Kier molecular flexibility index (Phi) is 13.8. The predicted octanol–water partition coefficient (Wildman–Crippen LogP) is 5.74. The minimum absolute atomic E-state index is 0. The van der Waals surface area contributed by atoms with Crippen molar-refractivity contribution >= 4 is 30.7 Å². The number of methoxy groups -OCH3 is 1. The molecule has 38 heavy (non-hydrogen) atoms. The van der Waals surface area contributed by atoms with Gasteiger partial charge in [-0.25, -0.2) is 0 Å². The fourth-order valence-corrected chi connectivity index (χ4v) is 5.33. The second kappa shape index (κ2) is 16.2. The first-order chi connectivity index (χ1) is 17.6. The van der Waals surface area contributed by atoms with E-state index in [0.29, 0.717) is 24.3 Å². The van der Waals surface area contributed by atoms with Crippen LogP contribution in [-0.2, 0) is 11.2 Å². The number of hydrogen-bond donors (Lipinski definition) is 1. The zero-order chi connectivity index (χ0) is 25.3. The molecule has 0 bridgehead atoms. The van der Waals surface area contributed by atoms with E-state index in [0.717, 1.165) is 74.2 Å². The van der Waals surface area contributed by atoms with Gasteiger partial charge in [-0.15, -0.1) is 29.9 Å². The number of carbonyl (C=O) groups is 1. The van der Waals surface area contributed by atoms with Gasteiger partial charge in [-0.05, 0) is 82.3 Å². The maximum atomic E-state index is 13.0. The molecule has 0 spiro atoms. The van der Waals surface area contributed by atoms with Gasteiger partial charge in [-0.3, -0.25) is 4.79 Å². The highest BCUT2D eigenvalue weighted by molar-refractivity contribution is 5.93. The van der Waals surface area contributed by atoms with Crippen molar-refractivity contribution in [3.05, 3.63) is 41.7 Å². The molecule has 1 aromatic carbocycles. The molecule has 212 valence electrons. The number of hydrogen-bond acceptors (Lipinski definition) is 6. The van der Waals surface area contributed by atoms with Gasteiger partial charge in [0.1, 0.15) is 5.75 Å². The quantitative estimate of drug-likeness (QED) is 0.395. The van der Waals surface area contributed by atoms with Gasteiger partial charge in [0, 0.05) is 31.7 Å². The van der Waals surface area contributed by atoms with Crippen LogP contribution in [-0.4, -0.2) is 67.0 Å². The molecule has 2 atom stereocenters. The third kappa shape index (κ3) is 8.80. The molecular weight excluding hydrogens is 523 g/mol. The van der Waals surface area contributed by atoms with E-state index in [9.17, 15) is 4.79 Å². The van der Waals surface area contributed by atoms with Crippen LogP contribution >= 0.6 is 24.8 Å². The van der Waals surface area contributed by atoms with E-state index < -0.39 is 0 Å². The molecule has 0 radical (unpaired) electrons. The number of likely N-dealkylation sites (N-methyl/N-ethyl adjacent to an activating group) is 1. The molecule has 2 aliphatic rings. The second-order valence-corrected chi connectivity index (χ2v) is 10.4. The molecular formula is C29H44Cl2N4O3. The van der Waals surface area contributed by atoms with Crippen molar-refractivity contribution in [3.63, 3.8) is 0 Å². The third-order valence-corrected chi connectivity index (χ3v) is 7.62. The SMILES string of the molecule is CCCCc1nnc(C(=O)NCC2CCN(C)CC2OC)cc1-c1ccc(OC2CCCCC2)cc1.Cl.Cl. The van der Waals surface area contributed by atoms with E-state index in [-0.39, 0.29) is 36.8 Å². The zero-order valence-corrected chi connectivity index (χ0v) is 24.6. The first-order valence-corrected chi connectivity index (χ1v) is 13.7. The van der Waals surface area contributed by atoms with Crippen molar-refractivity contribution in [2.45, 2.75) is 76.9 Å². The minimum Gasteiger partial charge on any atom is -0.490 e. The number of benzene rings is 1. The molecule has 2 unspecified atom stereocenters. The van der Waals surface area contributed by atoms with Crippen LogP contribution in [0.3, 0.4) is 0 Å². The van der Waals surface area contributed by atoms with Crippen molar-refractivity contribution in [2.75, 3.05) is 33.8 Å². The number of nitrogens with one attached hydrogen (secondary N) is 1. The van der Waals surface area contributed by atoms with Gasteiger partial charge < -0.3 is 19.7 Å². The standard InChI is InChI=1S/C29H42N4O3.2ClH/c1-4-5-11-26-25(21-12-14-24(15-13-21)36-23-9-7-6-8-10-23)18-27(32-31-26)29(34)30-19-22-16-17-33(2)20-28(22)35-3;;/h12-15,18,22-23,28H,4-11,16-17,19-20H2,1-3H3,(H,30,34);2*1H. The number of likely N-dealkylation sites (tertiary alicyclic amines) is 1. The van der Waals surface area contributed by atoms with Gasteiger partial charge in [0.25, 0.3) is 5.91 Å². The van der Waals surface area contributed by atoms with E-state index in [2.05, 4.69) is 46.5 Å². The molecule has 1 N–H and O–H groups in total. The number of carbonyl (C=O) groups excluding carboxylic acids is 1. The molecule has 4 rings (SSSR count). The first-order valence-electron chi connectivity index (χ1n) is 13.7. The average molecular weight is 568 g/mol. The molecule has 1 aromatic heterocycles. The average Bonchev–Trinajstić information content (AvgIpc) is 2.92. The Labute approximate surface area is 240 Å². The van der Waals surface area contributed by atoms with Gasteiger partial charge in [0.2, 0.25) is 0 Å². The number of aryl methyl sites for hydroxylation is 1. The fraction of sp³-hybridized carbons (Fsp3) is 0.621. The summed E-state index contributed by atoms with van der Waals surface area (Å²) in [5.41, 5.74) is 3.30. The van der Waals surface area contributed by atoms with Crippen LogP contribution in [0.15, 0.2) is 30.3 Å². The van der Waals surface area contributed by atoms with Crippen LogP contribution in [0.2, 0.25) is 0 Å². The first kappa shape index (κ1) is 32.3. The number of halogens is 2. The number of aromatic nitrogens is 2. The second-order valence-electron chi connectivity index (χ2n) is 10.4. The summed E-state index contributed by atoms with van der Waals surface area (Å²) in [5, 5.41) is 11.9. The highest BCUT2D eigenvalue weighted by Gasteiger charge is 2.28. The lowest BCUT2D eigenvalue weighted by Gasteiger charge is -2.35. The smallest absolute Gasteiger partial charge is 0.271 e. The largest absolute Gasteiger partial charge is 0.490 e. The molecule has 1 saturated heterocycles. The van der Waals surface area contributed by atoms with E-state index >= 15 is 0 Å². The van der Waals surface area contributed by atoms with E-state index in [4.69, 9.17) is 9.47 Å². The molecule has 2 fully saturated rings. The Balaban J connectivity index is 0.00000253. The summed E-state index contributed by atoms with van der Waals surface area (Å²) < 4.78 is 11.9. The van der Waals surface area contributed by atoms with E-state index in [1.807, 2.05) is 18.2 Å². The molecule has 7 nitrogen and oxygen atoms in total. The normalized spacial score (nSPS) is 20.2. The van der Waals surface area contributed by atoms with Crippen LogP contribution < -0.4 is 10.1 Å². The molecule has 2 heterocycles. The van der Waals surface area contributed by atoms with Crippen molar-refractivity contribution < 1.29 is 14.3 Å². The van der Waals surface area contributed by atoms with Crippen LogP contribution in [0.1, 0.15) is 74.5 Å².